The smallest absolute Gasteiger partial charge is 0.226 e. The summed E-state index contributed by atoms with van der Waals surface area (Å²) in [7, 11) is 0. The van der Waals surface area contributed by atoms with Gasteiger partial charge in [-0.1, -0.05) is 12.1 Å². The predicted octanol–water partition coefficient (Wildman–Crippen LogP) is 1.69. The van der Waals surface area contributed by atoms with Crippen LogP contribution in [0.3, 0.4) is 0 Å². The molecule has 0 unspecified atom stereocenters. The molecule has 1 saturated carbocycles. The second-order valence-electron chi connectivity index (χ2n) is 6.60. The molecule has 2 heterocycles. The predicted molar refractivity (Wildman–Crippen MR) is 110 cm³/mol. The van der Waals surface area contributed by atoms with Crippen LogP contribution >= 0.6 is 34.2 Å². The number of anilines is 1. The van der Waals surface area contributed by atoms with Crippen molar-refractivity contribution >= 4 is 51.2 Å². The van der Waals surface area contributed by atoms with E-state index in [0.29, 0.717) is 29.9 Å². The lowest BCUT2D eigenvalue weighted by Gasteiger charge is -2.18. The maximum atomic E-state index is 10.3. The van der Waals surface area contributed by atoms with Crippen LogP contribution in [0.2, 0.25) is 5.28 Å². The maximum Gasteiger partial charge on any atom is 0.226 e. The zero-order chi connectivity index (χ0) is 19.1. The number of nitrogens with two attached hydrogens (primary N) is 1. The van der Waals surface area contributed by atoms with E-state index in [0.717, 1.165) is 9.13 Å². The van der Waals surface area contributed by atoms with Crippen molar-refractivity contribution in [2.75, 3.05) is 5.32 Å². The lowest BCUT2D eigenvalue weighted by atomic mass is 10.2. The first-order valence-corrected chi connectivity index (χ1v) is 9.90. The standard InChI is InChI=1S/C17H18ClIN6O2/c18-17-23-15(21-6-8-2-1-3-9(19)4-8)12-16(24-17)25(7-22-12)11-5-10(20)13(26)14(11)27/h1-4,7,10-11,13-14,26-27H,5-6,20H2,(H,21,23,24)/t10-,11+,13+,14-/m0/s1. The minimum Gasteiger partial charge on any atom is -0.389 e. The number of rotatable bonds is 4. The Balaban J connectivity index is 1.66. The number of aliphatic hydroxyl groups is 2. The fraction of sp³-hybridized carbons (Fsp3) is 0.353. The molecule has 2 aromatic heterocycles. The molecular weight excluding hydrogens is 483 g/mol. The molecule has 1 aromatic carbocycles. The zero-order valence-electron chi connectivity index (χ0n) is 14.1. The number of imidazole rings is 1. The van der Waals surface area contributed by atoms with E-state index >= 15 is 0 Å². The van der Waals surface area contributed by atoms with Crippen LogP contribution in [-0.2, 0) is 6.54 Å². The van der Waals surface area contributed by atoms with Crippen molar-refractivity contribution in [3.05, 3.63) is 45.0 Å². The van der Waals surface area contributed by atoms with Gasteiger partial charge in [-0.2, -0.15) is 9.97 Å². The minimum atomic E-state index is -0.992. The van der Waals surface area contributed by atoms with Gasteiger partial charge in [-0.25, -0.2) is 4.98 Å². The Kier molecular flexibility index (Phi) is 5.21. The fourth-order valence-corrected chi connectivity index (χ4v) is 4.18. The van der Waals surface area contributed by atoms with E-state index in [4.69, 9.17) is 17.3 Å². The minimum absolute atomic E-state index is 0.0757. The Morgan fingerprint density at radius 3 is 2.81 bits per heavy atom. The number of aliphatic hydroxyl groups excluding tert-OH is 2. The number of halogens is 2. The average molecular weight is 501 g/mol. The van der Waals surface area contributed by atoms with Crippen molar-refractivity contribution in [1.82, 2.24) is 19.5 Å². The molecule has 142 valence electrons. The van der Waals surface area contributed by atoms with Gasteiger partial charge in [0.05, 0.1) is 18.5 Å². The summed E-state index contributed by atoms with van der Waals surface area (Å²) in [6.45, 7) is 0.557. The third kappa shape index (κ3) is 3.61. The molecule has 0 amide bonds. The van der Waals surface area contributed by atoms with Crippen molar-refractivity contribution in [3.8, 4) is 0 Å². The first-order valence-electron chi connectivity index (χ1n) is 8.44. The number of hydrogen-bond donors (Lipinski definition) is 4. The quantitative estimate of drug-likeness (QED) is 0.318. The number of nitrogens with one attached hydrogen (secondary N) is 1. The van der Waals surface area contributed by atoms with E-state index in [1.54, 1.807) is 10.9 Å². The molecule has 1 aliphatic carbocycles. The molecule has 1 aliphatic rings. The summed E-state index contributed by atoms with van der Waals surface area (Å²) >= 11 is 8.38. The molecule has 0 saturated heterocycles. The highest BCUT2D eigenvalue weighted by Crippen LogP contribution is 2.33. The molecule has 4 atom stereocenters. The Morgan fingerprint density at radius 1 is 1.30 bits per heavy atom. The normalized spacial score (nSPS) is 25.2. The molecule has 0 bridgehead atoms. The molecule has 1 fully saturated rings. The molecule has 4 rings (SSSR count). The third-order valence-corrected chi connectivity index (χ3v) is 5.64. The van der Waals surface area contributed by atoms with Crippen molar-refractivity contribution in [2.45, 2.75) is 37.3 Å². The summed E-state index contributed by atoms with van der Waals surface area (Å²) in [4.78, 5) is 12.9. The molecule has 0 spiro atoms. The SMILES string of the molecule is N[C@H]1C[C@@H](n2cnc3c(NCc4cccc(I)c4)nc(Cl)nc32)[C@H](O)[C@@H]1O. The summed E-state index contributed by atoms with van der Waals surface area (Å²) in [5.41, 5.74) is 8.02. The van der Waals surface area contributed by atoms with Gasteiger partial charge in [0.1, 0.15) is 6.10 Å². The second-order valence-corrected chi connectivity index (χ2v) is 8.18. The van der Waals surface area contributed by atoms with E-state index in [1.807, 2.05) is 18.2 Å². The van der Waals surface area contributed by atoms with Crippen LogP contribution < -0.4 is 11.1 Å². The highest BCUT2D eigenvalue weighted by molar-refractivity contribution is 14.1. The molecule has 8 nitrogen and oxygen atoms in total. The number of nitrogens with zero attached hydrogens (tertiary/aromatic N) is 4. The molecule has 3 aromatic rings. The summed E-state index contributed by atoms with van der Waals surface area (Å²) < 4.78 is 2.85. The van der Waals surface area contributed by atoms with Crippen LogP contribution in [0.5, 0.6) is 0 Å². The molecular formula is C17H18ClIN6O2. The van der Waals surface area contributed by atoms with Crippen molar-refractivity contribution in [1.29, 1.82) is 0 Å². The Labute approximate surface area is 173 Å². The first-order chi connectivity index (χ1) is 12.9. The Hall–Kier alpha value is -1.53. The summed E-state index contributed by atoms with van der Waals surface area (Å²) in [5.74, 6) is 0.514. The van der Waals surface area contributed by atoms with E-state index in [2.05, 4.69) is 48.9 Å². The Morgan fingerprint density at radius 2 is 2.11 bits per heavy atom. The molecule has 0 radical (unpaired) electrons. The van der Waals surface area contributed by atoms with Gasteiger partial charge in [0.15, 0.2) is 17.0 Å². The van der Waals surface area contributed by atoms with Gasteiger partial charge < -0.3 is 25.8 Å². The lowest BCUT2D eigenvalue weighted by Crippen LogP contribution is -2.35. The van der Waals surface area contributed by atoms with E-state index in [-0.39, 0.29) is 5.28 Å². The van der Waals surface area contributed by atoms with Crippen LogP contribution in [-0.4, -0.2) is 48.0 Å². The van der Waals surface area contributed by atoms with Gasteiger partial charge in [-0.3, -0.25) is 0 Å². The second kappa shape index (κ2) is 7.47. The van der Waals surface area contributed by atoms with E-state index in [9.17, 15) is 10.2 Å². The van der Waals surface area contributed by atoms with Crippen LogP contribution in [0.15, 0.2) is 30.6 Å². The van der Waals surface area contributed by atoms with Gasteiger partial charge in [0.2, 0.25) is 5.28 Å². The topological polar surface area (TPSA) is 122 Å². The van der Waals surface area contributed by atoms with E-state index in [1.165, 1.54) is 0 Å². The van der Waals surface area contributed by atoms with Crippen molar-refractivity contribution < 1.29 is 10.2 Å². The van der Waals surface area contributed by atoms with Gasteiger partial charge >= 0.3 is 0 Å². The van der Waals surface area contributed by atoms with Gasteiger partial charge in [-0.05, 0) is 58.3 Å². The zero-order valence-corrected chi connectivity index (χ0v) is 17.0. The summed E-state index contributed by atoms with van der Waals surface area (Å²) in [5, 5.41) is 23.6. The van der Waals surface area contributed by atoms with Crippen molar-refractivity contribution in [3.63, 3.8) is 0 Å². The first kappa shape index (κ1) is 18.8. The lowest BCUT2D eigenvalue weighted by molar-refractivity contribution is 0.0187. The molecule has 10 heteroatoms. The molecule has 27 heavy (non-hydrogen) atoms. The van der Waals surface area contributed by atoms with Gasteiger partial charge in [0.25, 0.3) is 0 Å². The largest absolute Gasteiger partial charge is 0.389 e. The van der Waals surface area contributed by atoms with E-state index < -0.39 is 24.3 Å². The average Bonchev–Trinajstić information content (AvgIpc) is 3.16. The van der Waals surface area contributed by atoms with Crippen LogP contribution in [0.25, 0.3) is 11.2 Å². The number of fused-ring (bicyclic) bond motifs is 1. The third-order valence-electron chi connectivity index (χ3n) is 4.80. The molecule has 0 aliphatic heterocycles. The van der Waals surface area contributed by atoms with Crippen LogP contribution in [0, 0.1) is 3.57 Å². The maximum absolute atomic E-state index is 10.3. The van der Waals surface area contributed by atoms with Gasteiger partial charge in [-0.15, -0.1) is 0 Å². The summed E-state index contributed by atoms with van der Waals surface area (Å²) in [6, 6.07) is 7.19. The van der Waals surface area contributed by atoms with Gasteiger partial charge in [0, 0.05) is 16.2 Å². The van der Waals surface area contributed by atoms with Crippen molar-refractivity contribution in [2.24, 2.45) is 5.73 Å². The number of hydrogen-bond acceptors (Lipinski definition) is 7. The van der Waals surface area contributed by atoms with Crippen LogP contribution in [0.1, 0.15) is 18.0 Å². The monoisotopic (exact) mass is 500 g/mol. The molecule has 5 N–H and O–H groups in total. The van der Waals surface area contributed by atoms with Crippen LogP contribution in [0.4, 0.5) is 5.82 Å². The fourth-order valence-electron chi connectivity index (χ4n) is 3.41. The Bertz CT molecular complexity index is 983. The summed E-state index contributed by atoms with van der Waals surface area (Å²) in [6.07, 6.45) is 0.0165. The number of aromatic nitrogens is 4. The highest BCUT2D eigenvalue weighted by Gasteiger charge is 2.41. The number of benzene rings is 1. The highest BCUT2D eigenvalue weighted by atomic mass is 127.